The minimum absolute atomic E-state index is 0.00951. The Bertz CT molecular complexity index is 966. The summed E-state index contributed by atoms with van der Waals surface area (Å²) in [6, 6.07) is 11.2. The number of nitrogens with zero attached hydrogens (tertiary/aromatic N) is 1. The largest absolute Gasteiger partial charge is 0.497 e. The van der Waals surface area contributed by atoms with E-state index in [1.54, 1.807) is 54.5 Å². The Morgan fingerprint density at radius 1 is 1.24 bits per heavy atom. The van der Waals surface area contributed by atoms with Gasteiger partial charge in [-0.3, -0.25) is 4.79 Å². The third-order valence-corrected chi connectivity index (χ3v) is 5.69. The van der Waals surface area contributed by atoms with Gasteiger partial charge in [0.1, 0.15) is 11.9 Å². The number of hydrogen-bond acceptors (Lipinski definition) is 6. The molecule has 0 aliphatic carbocycles. The van der Waals surface area contributed by atoms with E-state index < -0.39 is 6.03 Å². The number of amides is 3. The number of carbonyl (C=O) groups is 2. The Kier molecular flexibility index (Phi) is 8.13. The molecule has 9 nitrogen and oxygen atoms in total. The second-order valence-electron chi connectivity index (χ2n) is 8.17. The second-order valence-corrected chi connectivity index (χ2v) is 8.17. The molecule has 4 N–H and O–H groups in total. The second kappa shape index (κ2) is 11.0. The van der Waals surface area contributed by atoms with Crippen molar-refractivity contribution in [1.29, 1.82) is 0 Å². The minimum atomic E-state index is -0.467. The van der Waals surface area contributed by atoms with Gasteiger partial charge in [-0.05, 0) is 50.4 Å². The molecule has 0 saturated heterocycles. The van der Waals surface area contributed by atoms with Gasteiger partial charge < -0.3 is 35.4 Å². The molecule has 1 aliphatic heterocycles. The van der Waals surface area contributed by atoms with Gasteiger partial charge in [0.2, 0.25) is 0 Å². The number of fused-ring (bicyclic) bond motifs is 1. The monoisotopic (exact) mass is 456 g/mol. The Morgan fingerprint density at radius 3 is 2.61 bits per heavy atom. The molecule has 0 bridgehead atoms. The fourth-order valence-corrected chi connectivity index (χ4v) is 3.75. The summed E-state index contributed by atoms with van der Waals surface area (Å²) in [4.78, 5) is 27.7. The van der Waals surface area contributed by atoms with Crippen LogP contribution in [0.15, 0.2) is 42.5 Å². The summed E-state index contributed by atoms with van der Waals surface area (Å²) >= 11 is 0. The number of likely N-dealkylation sites (N-methyl/N-ethyl adjacent to an activating group) is 1. The van der Waals surface area contributed by atoms with Crippen LogP contribution in [0.4, 0.5) is 16.2 Å². The normalized spacial score (nSPS) is 18.9. The first-order chi connectivity index (χ1) is 15.9. The molecule has 0 spiro atoms. The number of aliphatic hydroxyl groups excluding tert-OH is 1. The van der Waals surface area contributed by atoms with Crippen molar-refractivity contribution in [1.82, 2.24) is 10.2 Å². The molecule has 33 heavy (non-hydrogen) atoms. The number of urea groups is 1. The molecule has 1 heterocycles. The highest BCUT2D eigenvalue weighted by atomic mass is 16.5. The lowest BCUT2D eigenvalue weighted by molar-refractivity contribution is 0.0417. The lowest BCUT2D eigenvalue weighted by atomic mass is 9.99. The lowest BCUT2D eigenvalue weighted by Gasteiger charge is -2.37. The Balaban J connectivity index is 1.91. The minimum Gasteiger partial charge on any atom is -0.497 e. The van der Waals surface area contributed by atoms with E-state index in [-0.39, 0.29) is 30.6 Å². The maximum Gasteiger partial charge on any atom is 0.323 e. The number of rotatable bonds is 7. The SMILES string of the molecule is CNC[C@H]1Oc2c(NC(=O)Nc3ccc(OC)cc3)cccc2C(=O)N([C@@H](C)CO)C[C@H]1C. The maximum atomic E-state index is 13.4. The van der Waals surface area contributed by atoms with Gasteiger partial charge in [0.05, 0.1) is 31.0 Å². The van der Waals surface area contributed by atoms with Crippen molar-refractivity contribution >= 4 is 23.3 Å². The molecule has 0 radical (unpaired) electrons. The molecule has 0 aromatic heterocycles. The first-order valence-corrected chi connectivity index (χ1v) is 11.0. The van der Waals surface area contributed by atoms with Gasteiger partial charge >= 0.3 is 6.03 Å². The molecular weight excluding hydrogens is 424 g/mol. The topological polar surface area (TPSA) is 112 Å². The summed E-state index contributed by atoms with van der Waals surface area (Å²) < 4.78 is 11.4. The number of methoxy groups -OCH3 is 1. The maximum absolute atomic E-state index is 13.4. The Labute approximate surface area is 194 Å². The van der Waals surface area contributed by atoms with Crippen LogP contribution in [0.3, 0.4) is 0 Å². The molecule has 1 aliphatic rings. The van der Waals surface area contributed by atoms with Crippen LogP contribution in [0.2, 0.25) is 0 Å². The van der Waals surface area contributed by atoms with Gasteiger partial charge in [-0.1, -0.05) is 13.0 Å². The van der Waals surface area contributed by atoms with Crippen molar-refractivity contribution in [2.75, 3.05) is 44.5 Å². The van der Waals surface area contributed by atoms with Crippen LogP contribution in [0, 0.1) is 5.92 Å². The fourth-order valence-electron chi connectivity index (χ4n) is 3.75. The molecule has 2 aromatic rings. The van der Waals surface area contributed by atoms with E-state index in [4.69, 9.17) is 9.47 Å². The van der Waals surface area contributed by atoms with E-state index >= 15 is 0 Å². The van der Waals surface area contributed by atoms with Gasteiger partial charge in [0.15, 0.2) is 5.75 Å². The zero-order valence-electron chi connectivity index (χ0n) is 19.4. The van der Waals surface area contributed by atoms with Gasteiger partial charge in [0.25, 0.3) is 5.91 Å². The number of ether oxygens (including phenoxy) is 2. The zero-order chi connectivity index (χ0) is 24.0. The van der Waals surface area contributed by atoms with Crippen LogP contribution in [0.1, 0.15) is 24.2 Å². The number of hydrogen-bond donors (Lipinski definition) is 4. The number of benzene rings is 2. The molecule has 0 unspecified atom stereocenters. The average Bonchev–Trinajstić information content (AvgIpc) is 2.81. The molecule has 9 heteroatoms. The number of anilines is 2. The summed E-state index contributed by atoms with van der Waals surface area (Å²) in [7, 11) is 3.41. The highest BCUT2D eigenvalue weighted by molar-refractivity contribution is 6.04. The van der Waals surface area contributed by atoms with Crippen molar-refractivity contribution in [3.8, 4) is 11.5 Å². The Hall–Kier alpha value is -3.30. The van der Waals surface area contributed by atoms with E-state index in [0.717, 1.165) is 0 Å². The molecule has 2 aromatic carbocycles. The van der Waals surface area contributed by atoms with Crippen LogP contribution < -0.4 is 25.4 Å². The zero-order valence-corrected chi connectivity index (χ0v) is 19.4. The smallest absolute Gasteiger partial charge is 0.323 e. The average molecular weight is 457 g/mol. The van der Waals surface area contributed by atoms with Crippen molar-refractivity contribution in [3.63, 3.8) is 0 Å². The number of aliphatic hydroxyl groups is 1. The van der Waals surface area contributed by atoms with Gasteiger partial charge in [-0.25, -0.2) is 4.79 Å². The number of nitrogens with one attached hydrogen (secondary N) is 3. The standard InChI is InChI=1S/C24H32N4O5/c1-15-13-28(16(2)14-29)23(30)19-6-5-7-20(22(19)33-21(15)12-25-3)27-24(31)26-17-8-10-18(32-4)11-9-17/h5-11,15-16,21,25,29H,12-14H2,1-4H3,(H2,26,27,31)/t15-,16+,21-/m1/s1. The van der Waals surface area contributed by atoms with E-state index in [9.17, 15) is 14.7 Å². The van der Waals surface area contributed by atoms with Crippen molar-refractivity contribution < 1.29 is 24.2 Å². The number of para-hydroxylation sites is 1. The first kappa shape index (κ1) is 24.3. The summed E-state index contributed by atoms with van der Waals surface area (Å²) in [6.07, 6.45) is -0.247. The highest BCUT2D eigenvalue weighted by Gasteiger charge is 2.33. The summed E-state index contributed by atoms with van der Waals surface area (Å²) in [5.74, 6) is 0.739. The predicted octanol–water partition coefficient (Wildman–Crippen LogP) is 2.78. The van der Waals surface area contributed by atoms with Crippen molar-refractivity contribution in [2.45, 2.75) is 26.0 Å². The summed E-state index contributed by atoms with van der Waals surface area (Å²) in [5, 5.41) is 18.4. The van der Waals surface area contributed by atoms with Gasteiger partial charge in [-0.2, -0.15) is 0 Å². The lowest BCUT2D eigenvalue weighted by Crippen LogP contribution is -2.49. The van der Waals surface area contributed by atoms with Crippen molar-refractivity contribution in [3.05, 3.63) is 48.0 Å². The third kappa shape index (κ3) is 5.74. The van der Waals surface area contributed by atoms with Crippen molar-refractivity contribution in [2.24, 2.45) is 5.92 Å². The highest BCUT2D eigenvalue weighted by Crippen LogP contribution is 2.34. The van der Waals surface area contributed by atoms with Crippen LogP contribution in [0.5, 0.6) is 11.5 Å². The fraction of sp³-hybridized carbons (Fsp3) is 0.417. The first-order valence-electron chi connectivity index (χ1n) is 11.0. The van der Waals surface area contributed by atoms with Gasteiger partial charge in [-0.15, -0.1) is 0 Å². The summed E-state index contributed by atoms with van der Waals surface area (Å²) in [6.45, 7) is 4.67. The van der Waals surface area contributed by atoms with Crippen LogP contribution in [-0.2, 0) is 0 Å². The molecular formula is C24H32N4O5. The Morgan fingerprint density at radius 2 is 1.97 bits per heavy atom. The van der Waals surface area contributed by atoms with Crippen LogP contribution in [-0.4, -0.2) is 67.9 Å². The molecule has 3 atom stereocenters. The molecule has 3 amide bonds. The molecule has 178 valence electrons. The predicted molar refractivity (Wildman–Crippen MR) is 127 cm³/mol. The van der Waals surface area contributed by atoms with Crippen LogP contribution >= 0.6 is 0 Å². The van der Waals surface area contributed by atoms with E-state index in [2.05, 4.69) is 16.0 Å². The summed E-state index contributed by atoms with van der Waals surface area (Å²) in [5.41, 5.74) is 1.32. The van der Waals surface area contributed by atoms with Crippen LogP contribution in [0.25, 0.3) is 0 Å². The number of carbonyl (C=O) groups excluding carboxylic acids is 2. The quantitative estimate of drug-likeness (QED) is 0.510. The van der Waals surface area contributed by atoms with E-state index in [1.165, 1.54) is 0 Å². The molecule has 0 fully saturated rings. The van der Waals surface area contributed by atoms with E-state index in [0.29, 0.717) is 41.5 Å². The van der Waals surface area contributed by atoms with Gasteiger partial charge in [0, 0.05) is 24.7 Å². The molecule has 0 saturated carbocycles. The van der Waals surface area contributed by atoms with E-state index in [1.807, 2.05) is 20.9 Å². The molecule has 3 rings (SSSR count). The third-order valence-electron chi connectivity index (χ3n) is 5.69.